The van der Waals surface area contributed by atoms with Crippen LogP contribution in [-0.2, 0) is 39.8 Å². The molecule has 0 bridgehead atoms. The summed E-state index contributed by atoms with van der Waals surface area (Å²) in [7, 11) is 1.22. The summed E-state index contributed by atoms with van der Waals surface area (Å²) < 4.78 is 28.2. The van der Waals surface area contributed by atoms with E-state index in [0.29, 0.717) is 30.9 Å². The molecule has 1 aliphatic heterocycles. The minimum atomic E-state index is -2.41. The second-order valence-electron chi connectivity index (χ2n) is 14.7. The van der Waals surface area contributed by atoms with Crippen LogP contribution in [0.4, 0.5) is 0 Å². The molecular weight excluding hydrogens is 678 g/mol. The molecule has 1 saturated heterocycles. The van der Waals surface area contributed by atoms with Gasteiger partial charge in [0.2, 0.25) is 5.91 Å². The van der Waals surface area contributed by atoms with E-state index in [4.69, 9.17) is 23.7 Å². The number of unbranched alkanes of at least 4 members (excludes halogenated alkanes) is 8. The number of carbonyl (C=O) groups excluding carboxylic acids is 3. The number of hydrogen-bond acceptors (Lipinski definition) is 10. The van der Waals surface area contributed by atoms with E-state index in [2.05, 4.69) is 24.1 Å². The summed E-state index contributed by atoms with van der Waals surface area (Å²) in [6.07, 6.45) is 14.9. The van der Waals surface area contributed by atoms with E-state index in [9.17, 15) is 24.6 Å². The average molecular weight is 744 g/mol. The maximum absolute atomic E-state index is 14.0. The molecule has 0 radical (unpaired) electrons. The standard InChI is InChI=1S/C42H65NO10/c1-7-9-11-15-18-25-41(51-30-31-52-41)26-19-16-13-12-14-17-20-35(42(48,27-28-44)39(47)53-40(3,4)5)37(45)43-36(38(46)49-6)32-33-21-23-34(24-22-33)50-29-10-8-2/h17,20-24,35-36,44,48H,7,9,11-16,18-19,25-32H2,1-6H3,(H,43,45)/b20-17+/t35-,36+,42+/m1/s1. The molecule has 3 N–H and O–H groups in total. The maximum Gasteiger partial charge on any atom is 0.339 e. The number of ether oxygens (including phenoxy) is 5. The number of aliphatic hydroxyl groups excluding tert-OH is 1. The number of benzene rings is 1. The molecule has 53 heavy (non-hydrogen) atoms. The fourth-order valence-electron chi connectivity index (χ4n) is 6.28. The number of nitrogens with one attached hydrogen (secondary N) is 1. The fourth-order valence-corrected chi connectivity index (χ4v) is 6.28. The van der Waals surface area contributed by atoms with Gasteiger partial charge in [0.05, 0.1) is 26.2 Å². The predicted octanol–water partition coefficient (Wildman–Crippen LogP) is 6.36. The van der Waals surface area contributed by atoms with E-state index in [1.807, 2.05) is 0 Å². The van der Waals surface area contributed by atoms with E-state index in [0.717, 1.165) is 44.9 Å². The van der Waals surface area contributed by atoms with Crippen molar-refractivity contribution in [2.75, 3.05) is 33.5 Å². The van der Waals surface area contributed by atoms with Crippen molar-refractivity contribution < 1.29 is 48.3 Å². The van der Waals surface area contributed by atoms with Gasteiger partial charge in [0.15, 0.2) is 11.4 Å². The van der Waals surface area contributed by atoms with Crippen LogP contribution in [-0.4, -0.2) is 84.6 Å². The van der Waals surface area contributed by atoms with Gasteiger partial charge in [-0.15, -0.1) is 5.92 Å². The minimum absolute atomic E-state index is 0.0744. The Labute approximate surface area is 317 Å². The smallest absolute Gasteiger partial charge is 0.339 e. The molecule has 1 aromatic carbocycles. The highest BCUT2D eigenvalue weighted by Crippen LogP contribution is 2.32. The van der Waals surface area contributed by atoms with Crippen LogP contribution in [0.2, 0.25) is 0 Å². The Kier molecular flexibility index (Phi) is 20.8. The Morgan fingerprint density at radius 3 is 2.17 bits per heavy atom. The molecule has 2 rings (SSSR count). The van der Waals surface area contributed by atoms with Crippen molar-refractivity contribution in [2.45, 2.75) is 148 Å². The highest BCUT2D eigenvalue weighted by atomic mass is 16.7. The third kappa shape index (κ3) is 16.6. The van der Waals surface area contributed by atoms with Crippen LogP contribution >= 0.6 is 0 Å². The molecule has 0 aromatic heterocycles. The number of methoxy groups -OCH3 is 1. The van der Waals surface area contributed by atoms with Crippen LogP contribution in [0.15, 0.2) is 36.4 Å². The molecule has 1 aromatic rings. The van der Waals surface area contributed by atoms with Crippen molar-refractivity contribution in [1.29, 1.82) is 0 Å². The fraction of sp³-hybridized carbons (Fsp3) is 0.690. The van der Waals surface area contributed by atoms with Crippen LogP contribution in [0.1, 0.15) is 124 Å². The topological polar surface area (TPSA) is 150 Å². The Hall–Kier alpha value is -3.43. The molecule has 11 heteroatoms. The highest BCUT2D eigenvalue weighted by molar-refractivity contribution is 5.93. The van der Waals surface area contributed by atoms with Crippen molar-refractivity contribution >= 4 is 17.8 Å². The molecule has 0 spiro atoms. The molecule has 0 unspecified atom stereocenters. The second kappa shape index (κ2) is 24.1. The largest absolute Gasteiger partial charge is 0.481 e. The Balaban J connectivity index is 2.13. The van der Waals surface area contributed by atoms with Gasteiger partial charge in [0.25, 0.3) is 0 Å². The van der Waals surface area contributed by atoms with Crippen LogP contribution < -0.4 is 10.1 Å². The first-order valence-corrected chi connectivity index (χ1v) is 19.3. The van der Waals surface area contributed by atoms with Crippen LogP contribution in [0, 0.1) is 17.8 Å². The lowest BCUT2D eigenvalue weighted by Gasteiger charge is -2.34. The summed E-state index contributed by atoms with van der Waals surface area (Å²) in [5.74, 6) is 1.72. The number of allylic oxidation sites excluding steroid dienone is 1. The van der Waals surface area contributed by atoms with Gasteiger partial charge in [-0.05, 0) is 71.1 Å². The van der Waals surface area contributed by atoms with Gasteiger partial charge in [-0.2, -0.15) is 0 Å². The third-order valence-electron chi connectivity index (χ3n) is 9.18. The average Bonchev–Trinajstić information content (AvgIpc) is 3.59. The molecule has 3 atom stereocenters. The number of rotatable bonds is 25. The molecule has 11 nitrogen and oxygen atoms in total. The monoisotopic (exact) mass is 743 g/mol. The number of hydrogen-bond donors (Lipinski definition) is 3. The zero-order chi connectivity index (χ0) is 39.2. The molecule has 0 saturated carbocycles. The molecule has 1 heterocycles. The van der Waals surface area contributed by atoms with E-state index < -0.39 is 59.8 Å². The van der Waals surface area contributed by atoms with Gasteiger partial charge < -0.3 is 39.2 Å². The third-order valence-corrected chi connectivity index (χ3v) is 9.18. The first-order chi connectivity index (χ1) is 25.3. The van der Waals surface area contributed by atoms with Gasteiger partial charge in [-0.3, -0.25) is 4.79 Å². The quantitative estimate of drug-likeness (QED) is 0.0447. The molecule has 0 aliphatic carbocycles. The molecular formula is C42H65NO10. The summed E-state index contributed by atoms with van der Waals surface area (Å²) in [4.78, 5) is 40.3. The Morgan fingerprint density at radius 1 is 0.981 bits per heavy atom. The van der Waals surface area contributed by atoms with Crippen molar-refractivity contribution in [3.05, 3.63) is 42.0 Å². The summed E-state index contributed by atoms with van der Waals surface area (Å²) in [5, 5.41) is 24.4. The van der Waals surface area contributed by atoms with Gasteiger partial charge in [0.1, 0.15) is 24.0 Å². The van der Waals surface area contributed by atoms with Crippen molar-refractivity contribution in [3.8, 4) is 17.6 Å². The zero-order valence-electron chi connectivity index (χ0n) is 33.0. The SMILES string of the molecule is CC#CCOc1ccc(C[C@H](NC(=O)[C@@H](/C=C/CCCCCCC2(CCCCCCC)OCCO2)[C@@](O)(CCO)C(=O)OC(C)(C)C)C(=O)OC)cc1. The van der Waals surface area contributed by atoms with Crippen LogP contribution in [0.5, 0.6) is 5.75 Å². The summed E-state index contributed by atoms with van der Waals surface area (Å²) >= 11 is 0. The van der Waals surface area contributed by atoms with Gasteiger partial charge >= 0.3 is 11.9 Å². The first-order valence-electron chi connectivity index (χ1n) is 19.3. The second-order valence-corrected chi connectivity index (χ2v) is 14.7. The Bertz CT molecular complexity index is 1320. The van der Waals surface area contributed by atoms with Gasteiger partial charge in [-0.25, -0.2) is 9.59 Å². The van der Waals surface area contributed by atoms with E-state index in [1.165, 1.54) is 38.9 Å². The van der Waals surface area contributed by atoms with E-state index >= 15 is 0 Å². The van der Waals surface area contributed by atoms with Crippen molar-refractivity contribution in [3.63, 3.8) is 0 Å². The van der Waals surface area contributed by atoms with Crippen molar-refractivity contribution in [1.82, 2.24) is 5.32 Å². The molecule has 298 valence electrons. The zero-order valence-corrected chi connectivity index (χ0v) is 33.0. The number of carbonyl (C=O) groups is 3. The number of aliphatic hydroxyl groups is 2. The van der Waals surface area contributed by atoms with Crippen LogP contribution in [0.25, 0.3) is 0 Å². The van der Waals surface area contributed by atoms with Gasteiger partial charge in [-0.1, -0.05) is 75.7 Å². The maximum atomic E-state index is 14.0. The summed E-state index contributed by atoms with van der Waals surface area (Å²) in [6, 6.07) is 5.87. The lowest BCUT2D eigenvalue weighted by atomic mass is 9.82. The lowest BCUT2D eigenvalue weighted by molar-refractivity contribution is -0.185. The summed E-state index contributed by atoms with van der Waals surface area (Å²) in [5.41, 5.74) is -2.67. The van der Waals surface area contributed by atoms with Gasteiger partial charge in [0, 0.05) is 32.3 Å². The van der Waals surface area contributed by atoms with E-state index in [1.54, 1.807) is 58.0 Å². The molecule has 1 amide bonds. The molecule has 1 aliphatic rings. The van der Waals surface area contributed by atoms with Crippen molar-refractivity contribution in [2.24, 2.45) is 5.92 Å². The highest BCUT2D eigenvalue weighted by Gasteiger charge is 2.49. The minimum Gasteiger partial charge on any atom is -0.481 e. The number of amides is 1. The number of esters is 2. The first kappa shape index (κ1) is 45.7. The predicted molar refractivity (Wildman–Crippen MR) is 204 cm³/mol. The Morgan fingerprint density at radius 2 is 1.60 bits per heavy atom. The lowest BCUT2D eigenvalue weighted by Crippen LogP contribution is -2.56. The van der Waals surface area contributed by atoms with Crippen LogP contribution in [0.3, 0.4) is 0 Å². The normalized spacial score (nSPS) is 16.2. The van der Waals surface area contributed by atoms with E-state index in [-0.39, 0.29) is 13.0 Å². The molecule has 1 fully saturated rings. The summed E-state index contributed by atoms with van der Waals surface area (Å²) in [6.45, 7) is 9.82.